The van der Waals surface area contributed by atoms with Gasteiger partial charge in [0.25, 0.3) is 0 Å². The van der Waals surface area contributed by atoms with Crippen molar-refractivity contribution in [3.8, 4) is 0 Å². The number of carbonyl (C=O) groups is 1. The Morgan fingerprint density at radius 3 is 3.08 bits per heavy atom. The quantitative estimate of drug-likeness (QED) is 0.903. The molecule has 0 unspecified atom stereocenters. The number of carbonyl (C=O) groups excluding carboxylic acids is 1. The number of H-pyrrole nitrogens is 1. The van der Waals surface area contributed by atoms with Crippen LogP contribution in [0.5, 0.6) is 0 Å². The molecular formula is C18H23N3O3. The van der Waals surface area contributed by atoms with Gasteiger partial charge in [0.15, 0.2) is 0 Å². The van der Waals surface area contributed by atoms with E-state index < -0.39 is 0 Å². The van der Waals surface area contributed by atoms with Crippen LogP contribution >= 0.6 is 0 Å². The number of benzene rings is 1. The molecule has 1 saturated heterocycles. The van der Waals surface area contributed by atoms with Crippen molar-refractivity contribution < 1.29 is 9.53 Å². The first kappa shape index (κ1) is 16.5. The van der Waals surface area contributed by atoms with E-state index in [0.29, 0.717) is 26.2 Å². The molecule has 0 bridgehead atoms. The lowest BCUT2D eigenvalue weighted by Gasteiger charge is -2.33. The number of nitrogens with one attached hydrogen (secondary N) is 2. The fraction of sp³-hybridized carbons (Fsp3) is 0.444. The molecule has 2 aromatic rings. The number of para-hydroxylation sites is 1. The second kappa shape index (κ2) is 7.49. The van der Waals surface area contributed by atoms with Crippen molar-refractivity contribution in [3.63, 3.8) is 0 Å². The summed E-state index contributed by atoms with van der Waals surface area (Å²) in [7, 11) is 0. The summed E-state index contributed by atoms with van der Waals surface area (Å²) in [4.78, 5) is 28.8. The maximum Gasteiger partial charge on any atom is 0.317 e. The van der Waals surface area contributed by atoms with E-state index in [1.54, 1.807) is 11.0 Å². The number of hydrogen-bond donors (Lipinski definition) is 2. The average Bonchev–Trinajstić information content (AvgIpc) is 2.59. The normalized spacial score (nSPS) is 17.9. The molecule has 0 aliphatic carbocycles. The molecular weight excluding hydrogens is 306 g/mol. The third-order valence-electron chi connectivity index (χ3n) is 4.30. The zero-order chi connectivity index (χ0) is 16.9. The topological polar surface area (TPSA) is 74.4 Å². The van der Waals surface area contributed by atoms with E-state index in [1.807, 2.05) is 24.3 Å². The molecule has 0 spiro atoms. The van der Waals surface area contributed by atoms with Gasteiger partial charge in [-0.3, -0.25) is 4.79 Å². The van der Waals surface area contributed by atoms with Gasteiger partial charge in [0, 0.05) is 36.6 Å². The van der Waals surface area contributed by atoms with E-state index >= 15 is 0 Å². The Hall–Kier alpha value is -2.34. The number of ether oxygens (including phenoxy) is 1. The van der Waals surface area contributed by atoms with Crippen molar-refractivity contribution in [2.24, 2.45) is 0 Å². The molecule has 1 aromatic carbocycles. The molecule has 0 saturated carbocycles. The van der Waals surface area contributed by atoms with Crippen LogP contribution in [0.25, 0.3) is 10.9 Å². The summed E-state index contributed by atoms with van der Waals surface area (Å²) in [6, 6.07) is 9.04. The fourth-order valence-electron chi connectivity index (χ4n) is 3.11. The first-order valence-corrected chi connectivity index (χ1v) is 8.42. The average molecular weight is 329 g/mol. The summed E-state index contributed by atoms with van der Waals surface area (Å²) in [5, 5.41) is 3.88. The lowest BCUT2D eigenvalue weighted by Crippen LogP contribution is -2.49. The molecule has 1 fully saturated rings. The minimum Gasteiger partial charge on any atom is -0.375 e. The predicted octanol–water partition coefficient (Wildman–Crippen LogP) is 2.24. The van der Waals surface area contributed by atoms with E-state index in [1.165, 1.54) is 0 Å². The molecule has 2 amide bonds. The summed E-state index contributed by atoms with van der Waals surface area (Å²) in [5.41, 5.74) is 1.44. The smallest absolute Gasteiger partial charge is 0.317 e. The molecule has 2 heterocycles. The fourth-order valence-corrected chi connectivity index (χ4v) is 3.11. The minimum atomic E-state index is -0.160. The number of rotatable bonds is 4. The van der Waals surface area contributed by atoms with E-state index in [4.69, 9.17) is 4.74 Å². The predicted molar refractivity (Wildman–Crippen MR) is 93.0 cm³/mol. The van der Waals surface area contributed by atoms with Gasteiger partial charge in [-0.25, -0.2) is 4.79 Å². The van der Waals surface area contributed by atoms with Crippen molar-refractivity contribution in [2.45, 2.75) is 32.4 Å². The third kappa shape index (κ3) is 3.76. The molecule has 1 aliphatic heterocycles. The number of urea groups is 1. The van der Waals surface area contributed by atoms with Crippen LogP contribution in [-0.2, 0) is 11.3 Å². The van der Waals surface area contributed by atoms with Crippen molar-refractivity contribution in [1.82, 2.24) is 15.2 Å². The molecule has 128 valence electrons. The van der Waals surface area contributed by atoms with Gasteiger partial charge < -0.3 is 19.9 Å². The lowest BCUT2D eigenvalue weighted by molar-refractivity contribution is -0.0181. The maximum absolute atomic E-state index is 12.4. The Kier molecular flexibility index (Phi) is 5.15. The van der Waals surface area contributed by atoms with Crippen LogP contribution in [0.4, 0.5) is 4.79 Å². The standard InChI is InChI=1S/C18H23N3O3/c1-2-5-14-12-21(8-9-24-14)18(23)19-11-13-10-17(22)20-16-7-4-3-6-15(13)16/h3-4,6-7,10,14H,2,5,8-9,11-12H2,1H3,(H,19,23)(H,20,22)/t14-/m1/s1. The van der Waals surface area contributed by atoms with Crippen LogP contribution in [0.15, 0.2) is 35.1 Å². The SMILES string of the molecule is CCC[C@@H]1CN(C(=O)NCc2cc(=O)[nH]c3ccccc23)CCO1. The molecule has 1 aromatic heterocycles. The van der Waals surface area contributed by atoms with E-state index in [0.717, 1.165) is 29.3 Å². The van der Waals surface area contributed by atoms with Gasteiger partial charge in [-0.15, -0.1) is 0 Å². The summed E-state index contributed by atoms with van der Waals surface area (Å²) < 4.78 is 5.67. The first-order chi connectivity index (χ1) is 11.7. The molecule has 3 rings (SSSR count). The van der Waals surface area contributed by atoms with Crippen molar-refractivity contribution in [1.29, 1.82) is 0 Å². The summed E-state index contributed by atoms with van der Waals surface area (Å²) in [5.74, 6) is 0. The first-order valence-electron chi connectivity index (χ1n) is 8.42. The lowest BCUT2D eigenvalue weighted by atomic mass is 10.1. The van der Waals surface area contributed by atoms with Crippen molar-refractivity contribution in [2.75, 3.05) is 19.7 Å². The van der Waals surface area contributed by atoms with Crippen LogP contribution in [0.3, 0.4) is 0 Å². The van der Waals surface area contributed by atoms with Gasteiger partial charge in [0.2, 0.25) is 5.56 Å². The number of pyridine rings is 1. The molecule has 6 nitrogen and oxygen atoms in total. The number of aromatic amines is 1. The highest BCUT2D eigenvalue weighted by Gasteiger charge is 2.23. The largest absolute Gasteiger partial charge is 0.375 e. The summed E-state index contributed by atoms with van der Waals surface area (Å²) in [6.07, 6.45) is 2.12. The molecule has 24 heavy (non-hydrogen) atoms. The maximum atomic E-state index is 12.4. The van der Waals surface area contributed by atoms with E-state index in [9.17, 15) is 9.59 Å². The van der Waals surface area contributed by atoms with Crippen LogP contribution < -0.4 is 10.9 Å². The Morgan fingerprint density at radius 2 is 2.25 bits per heavy atom. The zero-order valence-electron chi connectivity index (χ0n) is 13.9. The van der Waals surface area contributed by atoms with Gasteiger partial charge in [-0.05, 0) is 18.1 Å². The van der Waals surface area contributed by atoms with E-state index in [-0.39, 0.29) is 17.7 Å². The highest BCUT2D eigenvalue weighted by atomic mass is 16.5. The number of nitrogens with zero attached hydrogens (tertiary/aromatic N) is 1. The van der Waals surface area contributed by atoms with Gasteiger partial charge >= 0.3 is 6.03 Å². The number of fused-ring (bicyclic) bond motifs is 1. The minimum absolute atomic E-state index is 0.108. The van der Waals surface area contributed by atoms with Gasteiger partial charge in [0.1, 0.15) is 0 Å². The van der Waals surface area contributed by atoms with Gasteiger partial charge in [0.05, 0.1) is 12.7 Å². The van der Waals surface area contributed by atoms with Gasteiger partial charge in [-0.1, -0.05) is 31.5 Å². The van der Waals surface area contributed by atoms with Gasteiger partial charge in [-0.2, -0.15) is 0 Å². The molecule has 1 aliphatic rings. The van der Waals surface area contributed by atoms with Crippen molar-refractivity contribution in [3.05, 3.63) is 46.2 Å². The monoisotopic (exact) mass is 329 g/mol. The molecule has 6 heteroatoms. The Bertz CT molecular complexity index is 769. The highest BCUT2D eigenvalue weighted by Crippen LogP contribution is 2.15. The number of hydrogen-bond acceptors (Lipinski definition) is 3. The summed E-state index contributed by atoms with van der Waals surface area (Å²) in [6.45, 7) is 4.24. The Balaban J connectivity index is 1.67. The Morgan fingerprint density at radius 1 is 1.42 bits per heavy atom. The van der Waals surface area contributed by atoms with Crippen LogP contribution in [0, 0.1) is 0 Å². The highest BCUT2D eigenvalue weighted by molar-refractivity contribution is 5.82. The van der Waals surface area contributed by atoms with Crippen LogP contribution in [0.2, 0.25) is 0 Å². The van der Waals surface area contributed by atoms with Crippen LogP contribution in [0.1, 0.15) is 25.3 Å². The molecule has 0 radical (unpaired) electrons. The van der Waals surface area contributed by atoms with E-state index in [2.05, 4.69) is 17.2 Å². The number of amides is 2. The third-order valence-corrected chi connectivity index (χ3v) is 4.30. The Labute approximate surface area is 140 Å². The summed E-state index contributed by atoms with van der Waals surface area (Å²) >= 11 is 0. The second-order valence-corrected chi connectivity index (χ2v) is 6.09. The van der Waals surface area contributed by atoms with Crippen molar-refractivity contribution >= 4 is 16.9 Å². The zero-order valence-corrected chi connectivity index (χ0v) is 13.9. The molecule has 1 atom stereocenters. The second-order valence-electron chi connectivity index (χ2n) is 6.09. The van der Waals surface area contributed by atoms with Crippen LogP contribution in [-0.4, -0.2) is 41.7 Å². The molecule has 2 N–H and O–H groups in total. The number of aromatic nitrogens is 1. The number of morpholine rings is 1.